The number of carbonyl (C=O) groups excluding carboxylic acids is 1. The summed E-state index contributed by atoms with van der Waals surface area (Å²) in [6.07, 6.45) is -4.18. The molecule has 126 valence electrons. The van der Waals surface area contributed by atoms with E-state index in [2.05, 4.69) is 15.7 Å². The second-order valence-corrected chi connectivity index (χ2v) is 4.89. The molecule has 5 nitrogen and oxygen atoms in total. The third kappa shape index (κ3) is 4.29. The minimum atomic E-state index is -4.64. The number of amides is 1. The standard InChI is InChI=1S/C11H13F5N4O.ClH/c1-20-4-6(8(19-20)11(14,15)16)3-17-9(21)7-2-10(12,13)5-18-7;/h4,7,18H,2-3,5H2,1H3,(H,17,21);1H. The number of rotatable bonds is 3. The summed E-state index contributed by atoms with van der Waals surface area (Å²) in [5, 5.41) is 7.83. The van der Waals surface area contributed by atoms with Crippen molar-refractivity contribution in [3.8, 4) is 0 Å². The quantitative estimate of drug-likeness (QED) is 0.813. The molecule has 1 fully saturated rings. The Morgan fingerprint density at radius 3 is 2.68 bits per heavy atom. The van der Waals surface area contributed by atoms with E-state index in [1.807, 2.05) is 0 Å². The van der Waals surface area contributed by atoms with Gasteiger partial charge in [-0.15, -0.1) is 12.4 Å². The van der Waals surface area contributed by atoms with Crippen LogP contribution in [0, 0.1) is 0 Å². The van der Waals surface area contributed by atoms with Crippen LogP contribution < -0.4 is 10.6 Å². The molecule has 1 aromatic heterocycles. The first-order valence-electron chi connectivity index (χ1n) is 6.07. The fourth-order valence-electron chi connectivity index (χ4n) is 2.11. The Morgan fingerprint density at radius 1 is 1.55 bits per heavy atom. The molecule has 22 heavy (non-hydrogen) atoms. The highest BCUT2D eigenvalue weighted by Crippen LogP contribution is 2.30. The number of hydrogen-bond acceptors (Lipinski definition) is 3. The second-order valence-electron chi connectivity index (χ2n) is 4.89. The third-order valence-electron chi connectivity index (χ3n) is 3.05. The first-order chi connectivity index (χ1) is 9.58. The summed E-state index contributed by atoms with van der Waals surface area (Å²) >= 11 is 0. The summed E-state index contributed by atoms with van der Waals surface area (Å²) < 4.78 is 64.9. The van der Waals surface area contributed by atoms with Crippen molar-refractivity contribution >= 4 is 18.3 Å². The molecule has 0 spiro atoms. The molecule has 1 unspecified atom stereocenters. The number of hydrogen-bond donors (Lipinski definition) is 2. The lowest BCUT2D eigenvalue weighted by molar-refractivity contribution is -0.142. The lowest BCUT2D eigenvalue weighted by Crippen LogP contribution is -2.40. The Bertz CT molecular complexity index is 545. The van der Waals surface area contributed by atoms with Gasteiger partial charge in [-0.1, -0.05) is 0 Å². The molecule has 0 saturated carbocycles. The zero-order valence-corrected chi connectivity index (χ0v) is 12.2. The molecule has 0 aromatic carbocycles. The van der Waals surface area contributed by atoms with Crippen LogP contribution in [0.25, 0.3) is 0 Å². The highest BCUT2D eigenvalue weighted by molar-refractivity contribution is 5.85. The molecular formula is C11H14ClF5N4O. The molecule has 0 radical (unpaired) electrons. The van der Waals surface area contributed by atoms with Crippen LogP contribution in [0.4, 0.5) is 22.0 Å². The molecule has 1 aliphatic heterocycles. The van der Waals surface area contributed by atoms with E-state index in [4.69, 9.17) is 0 Å². The molecule has 2 rings (SSSR count). The van der Waals surface area contributed by atoms with Gasteiger partial charge in [-0.05, 0) is 0 Å². The Hall–Kier alpha value is -1.42. The Kier molecular flexibility index (Phi) is 5.39. The van der Waals surface area contributed by atoms with Crippen molar-refractivity contribution in [2.24, 2.45) is 7.05 Å². The predicted octanol–water partition coefficient (Wildman–Crippen LogP) is 1.47. The maximum absolute atomic E-state index is 12.9. The van der Waals surface area contributed by atoms with E-state index < -0.39 is 49.3 Å². The van der Waals surface area contributed by atoms with E-state index >= 15 is 0 Å². The zero-order valence-electron chi connectivity index (χ0n) is 11.4. The normalized spacial score (nSPS) is 20.5. The van der Waals surface area contributed by atoms with E-state index in [1.54, 1.807) is 0 Å². The van der Waals surface area contributed by atoms with Gasteiger partial charge in [0, 0.05) is 31.8 Å². The smallest absolute Gasteiger partial charge is 0.351 e. The van der Waals surface area contributed by atoms with E-state index in [1.165, 1.54) is 7.05 Å². The third-order valence-corrected chi connectivity index (χ3v) is 3.05. The van der Waals surface area contributed by atoms with Gasteiger partial charge in [0.15, 0.2) is 5.69 Å². The first kappa shape index (κ1) is 18.6. The second kappa shape index (κ2) is 6.37. The van der Waals surface area contributed by atoms with Crippen LogP contribution in [0.3, 0.4) is 0 Å². The number of nitrogens with zero attached hydrogens (tertiary/aromatic N) is 2. The van der Waals surface area contributed by atoms with Crippen LogP contribution in [0.1, 0.15) is 17.7 Å². The highest BCUT2D eigenvalue weighted by atomic mass is 35.5. The number of alkyl halides is 5. The van der Waals surface area contributed by atoms with Crippen LogP contribution in [0.2, 0.25) is 0 Å². The SMILES string of the molecule is Cl.Cn1cc(CNC(=O)C2CC(F)(F)CN2)c(C(F)(F)F)n1. The van der Waals surface area contributed by atoms with Gasteiger partial charge < -0.3 is 5.32 Å². The van der Waals surface area contributed by atoms with E-state index in [0.29, 0.717) is 0 Å². The molecule has 0 bridgehead atoms. The monoisotopic (exact) mass is 348 g/mol. The van der Waals surface area contributed by atoms with Gasteiger partial charge in [-0.2, -0.15) is 18.3 Å². The van der Waals surface area contributed by atoms with Crippen molar-refractivity contribution in [3.05, 3.63) is 17.5 Å². The van der Waals surface area contributed by atoms with Crippen molar-refractivity contribution in [1.29, 1.82) is 0 Å². The first-order valence-corrected chi connectivity index (χ1v) is 6.07. The Labute approximate surface area is 128 Å². The Balaban J connectivity index is 0.00000242. The average Bonchev–Trinajstić information content (AvgIpc) is 2.88. The summed E-state index contributed by atoms with van der Waals surface area (Å²) in [5.74, 6) is -3.74. The number of carbonyl (C=O) groups is 1. The van der Waals surface area contributed by atoms with Crippen molar-refractivity contribution in [2.75, 3.05) is 6.54 Å². The van der Waals surface area contributed by atoms with Gasteiger partial charge in [0.05, 0.1) is 12.6 Å². The summed E-state index contributed by atoms with van der Waals surface area (Å²) in [6, 6.07) is -1.11. The molecular weight excluding hydrogens is 335 g/mol. The summed E-state index contributed by atoms with van der Waals surface area (Å²) in [7, 11) is 1.32. The molecule has 0 aliphatic carbocycles. The maximum atomic E-state index is 12.9. The highest BCUT2D eigenvalue weighted by Gasteiger charge is 2.42. The van der Waals surface area contributed by atoms with Crippen LogP contribution in [0.15, 0.2) is 6.20 Å². The van der Waals surface area contributed by atoms with Crippen LogP contribution in [0.5, 0.6) is 0 Å². The molecule has 1 aliphatic rings. The van der Waals surface area contributed by atoms with Gasteiger partial charge >= 0.3 is 6.18 Å². The molecule has 1 aromatic rings. The van der Waals surface area contributed by atoms with Crippen LogP contribution in [-0.2, 0) is 24.6 Å². The largest absolute Gasteiger partial charge is 0.435 e. The van der Waals surface area contributed by atoms with Crippen molar-refractivity contribution < 1.29 is 26.7 Å². The molecule has 11 heteroatoms. The van der Waals surface area contributed by atoms with Gasteiger partial charge in [-0.3, -0.25) is 14.8 Å². The molecule has 1 amide bonds. The van der Waals surface area contributed by atoms with Gasteiger partial charge in [0.25, 0.3) is 5.92 Å². The lowest BCUT2D eigenvalue weighted by Gasteiger charge is -2.11. The minimum absolute atomic E-state index is 0. The molecule has 2 heterocycles. The fourth-order valence-corrected chi connectivity index (χ4v) is 2.11. The van der Waals surface area contributed by atoms with Gasteiger partial charge in [-0.25, -0.2) is 8.78 Å². The van der Waals surface area contributed by atoms with Crippen molar-refractivity contribution in [3.63, 3.8) is 0 Å². The fraction of sp³-hybridized carbons (Fsp3) is 0.636. The topological polar surface area (TPSA) is 59.0 Å². The number of halogens is 6. The lowest BCUT2D eigenvalue weighted by atomic mass is 10.1. The van der Waals surface area contributed by atoms with Crippen molar-refractivity contribution in [2.45, 2.75) is 31.1 Å². The summed E-state index contributed by atoms with van der Waals surface area (Å²) in [5.41, 5.74) is -1.32. The molecule has 1 saturated heterocycles. The summed E-state index contributed by atoms with van der Waals surface area (Å²) in [4.78, 5) is 11.7. The molecule has 1 atom stereocenters. The van der Waals surface area contributed by atoms with E-state index in [9.17, 15) is 26.7 Å². The van der Waals surface area contributed by atoms with Crippen LogP contribution in [-0.4, -0.2) is 34.2 Å². The minimum Gasteiger partial charge on any atom is -0.351 e. The summed E-state index contributed by atoms with van der Waals surface area (Å²) in [6.45, 7) is -1.04. The number of aromatic nitrogens is 2. The Morgan fingerprint density at radius 2 is 2.18 bits per heavy atom. The van der Waals surface area contributed by atoms with Gasteiger partial charge in [0.2, 0.25) is 5.91 Å². The zero-order chi connectivity index (χ0) is 15.8. The predicted molar refractivity (Wildman–Crippen MR) is 68.7 cm³/mol. The molecule has 2 N–H and O–H groups in total. The van der Waals surface area contributed by atoms with Crippen LogP contribution >= 0.6 is 12.4 Å². The van der Waals surface area contributed by atoms with E-state index in [-0.39, 0.29) is 18.0 Å². The van der Waals surface area contributed by atoms with Crippen molar-refractivity contribution in [1.82, 2.24) is 20.4 Å². The average molecular weight is 349 g/mol. The number of aryl methyl sites for hydroxylation is 1. The van der Waals surface area contributed by atoms with E-state index in [0.717, 1.165) is 10.9 Å². The van der Waals surface area contributed by atoms with Gasteiger partial charge in [0.1, 0.15) is 0 Å². The number of nitrogens with one attached hydrogen (secondary N) is 2. The maximum Gasteiger partial charge on any atom is 0.435 e.